The topological polar surface area (TPSA) is 52.9 Å². The second kappa shape index (κ2) is 9.76. The summed E-state index contributed by atoms with van der Waals surface area (Å²) in [5.74, 6) is -2.53. The highest BCUT2D eigenvalue weighted by atomic mass is 19.4. The van der Waals surface area contributed by atoms with E-state index in [-0.39, 0.29) is 5.82 Å². The number of rotatable bonds is 6. The molecule has 2 atom stereocenters. The zero-order chi connectivity index (χ0) is 26.2. The maximum absolute atomic E-state index is 14.3. The lowest BCUT2D eigenvalue weighted by molar-refractivity contribution is -0.137. The molecule has 0 saturated carbocycles. The SMILES string of the molecule is Cc1ccc(F)c(-c2ccc(Cc3ccc(N4N=C(C(F)(F)F)C(C)C4CC(=O)O)cc3)c(C)c2)c1. The molecule has 1 aliphatic rings. The fourth-order valence-electron chi connectivity index (χ4n) is 4.59. The molecule has 0 amide bonds. The van der Waals surface area contributed by atoms with Crippen molar-refractivity contribution in [3.05, 3.63) is 88.7 Å². The number of hydrogen-bond acceptors (Lipinski definition) is 3. The third-order valence-electron chi connectivity index (χ3n) is 6.58. The summed E-state index contributed by atoms with van der Waals surface area (Å²) in [5.41, 5.74) is 4.69. The van der Waals surface area contributed by atoms with Crippen molar-refractivity contribution in [3.8, 4) is 11.1 Å². The molecule has 8 heteroatoms. The molecule has 0 aliphatic carbocycles. The summed E-state index contributed by atoms with van der Waals surface area (Å²) < 4.78 is 54.5. The summed E-state index contributed by atoms with van der Waals surface area (Å²) >= 11 is 0. The van der Waals surface area contributed by atoms with Gasteiger partial charge in [0.25, 0.3) is 0 Å². The molecule has 0 spiro atoms. The van der Waals surface area contributed by atoms with Gasteiger partial charge in [0.2, 0.25) is 0 Å². The van der Waals surface area contributed by atoms with E-state index in [1.165, 1.54) is 18.0 Å². The van der Waals surface area contributed by atoms with Gasteiger partial charge in [-0.05, 0) is 66.8 Å². The molecule has 0 bridgehead atoms. The Bertz CT molecular complexity index is 1320. The largest absolute Gasteiger partial charge is 0.481 e. The molecular formula is C28H26F4N2O2. The van der Waals surface area contributed by atoms with Gasteiger partial charge in [-0.3, -0.25) is 9.80 Å². The second-order valence-electron chi connectivity index (χ2n) is 9.25. The quantitative estimate of drug-likeness (QED) is 0.376. The molecule has 36 heavy (non-hydrogen) atoms. The Morgan fingerprint density at radius 3 is 2.33 bits per heavy atom. The number of nitrogens with zero attached hydrogens (tertiary/aromatic N) is 2. The average Bonchev–Trinajstić information content (AvgIpc) is 3.13. The van der Waals surface area contributed by atoms with Crippen LogP contribution in [-0.2, 0) is 11.2 Å². The molecule has 4 rings (SSSR count). The van der Waals surface area contributed by atoms with Crippen LogP contribution in [0.4, 0.5) is 23.2 Å². The van der Waals surface area contributed by atoms with Crippen LogP contribution in [0.5, 0.6) is 0 Å². The highest BCUT2D eigenvalue weighted by molar-refractivity contribution is 5.96. The first kappa shape index (κ1) is 25.4. The number of aliphatic carboxylic acids is 1. The zero-order valence-corrected chi connectivity index (χ0v) is 20.1. The molecule has 4 nitrogen and oxygen atoms in total. The Morgan fingerprint density at radius 2 is 1.72 bits per heavy atom. The molecule has 1 aliphatic heterocycles. The summed E-state index contributed by atoms with van der Waals surface area (Å²) in [6.45, 7) is 5.22. The predicted molar refractivity (Wildman–Crippen MR) is 132 cm³/mol. The molecule has 1 N–H and O–H groups in total. The number of hydrazone groups is 1. The van der Waals surface area contributed by atoms with E-state index in [9.17, 15) is 27.5 Å². The molecular weight excluding hydrogens is 472 g/mol. The van der Waals surface area contributed by atoms with Crippen molar-refractivity contribution in [1.29, 1.82) is 0 Å². The molecule has 0 aromatic heterocycles. The standard InChI is InChI=1S/C28H26F4N2O2/c1-16-4-11-24(29)23(12-16)21-8-7-20(17(2)13-21)14-19-5-9-22(10-6-19)34-25(15-26(35)36)18(3)27(33-34)28(30,31)32/h4-13,18,25H,14-15H2,1-3H3,(H,35,36). The first-order valence-corrected chi connectivity index (χ1v) is 11.6. The third kappa shape index (κ3) is 5.27. The van der Waals surface area contributed by atoms with Crippen molar-refractivity contribution in [1.82, 2.24) is 0 Å². The molecule has 188 valence electrons. The van der Waals surface area contributed by atoms with Gasteiger partial charge in [0.05, 0.1) is 18.2 Å². The maximum Gasteiger partial charge on any atom is 0.431 e. The van der Waals surface area contributed by atoms with Crippen LogP contribution in [0.25, 0.3) is 11.1 Å². The van der Waals surface area contributed by atoms with Gasteiger partial charge in [0.1, 0.15) is 11.5 Å². The van der Waals surface area contributed by atoms with Gasteiger partial charge in [-0.1, -0.05) is 48.9 Å². The molecule has 2 unspecified atom stereocenters. The van der Waals surface area contributed by atoms with Crippen molar-refractivity contribution in [2.24, 2.45) is 11.0 Å². The van der Waals surface area contributed by atoms with Crippen LogP contribution in [0.2, 0.25) is 0 Å². The number of aryl methyl sites for hydroxylation is 2. The predicted octanol–water partition coefficient (Wildman–Crippen LogP) is 6.92. The van der Waals surface area contributed by atoms with Gasteiger partial charge >= 0.3 is 12.1 Å². The van der Waals surface area contributed by atoms with Crippen LogP contribution >= 0.6 is 0 Å². The molecule has 0 radical (unpaired) electrons. The Morgan fingerprint density at radius 1 is 1.03 bits per heavy atom. The minimum Gasteiger partial charge on any atom is -0.481 e. The normalized spacial score (nSPS) is 17.9. The number of alkyl halides is 3. The van der Waals surface area contributed by atoms with E-state index in [4.69, 9.17) is 0 Å². The smallest absolute Gasteiger partial charge is 0.431 e. The van der Waals surface area contributed by atoms with Gasteiger partial charge in [-0.25, -0.2) is 4.39 Å². The molecule has 0 fully saturated rings. The summed E-state index contributed by atoms with van der Waals surface area (Å²) in [7, 11) is 0. The van der Waals surface area contributed by atoms with Crippen molar-refractivity contribution in [3.63, 3.8) is 0 Å². The van der Waals surface area contributed by atoms with E-state index in [0.717, 1.165) is 27.8 Å². The monoisotopic (exact) mass is 498 g/mol. The number of halogens is 4. The molecule has 3 aromatic rings. The van der Waals surface area contributed by atoms with Gasteiger partial charge in [0.15, 0.2) is 0 Å². The summed E-state index contributed by atoms with van der Waals surface area (Å²) in [4.78, 5) is 11.3. The van der Waals surface area contributed by atoms with Crippen LogP contribution in [0.1, 0.15) is 35.6 Å². The summed E-state index contributed by atoms with van der Waals surface area (Å²) in [6.07, 6.45) is -4.51. The minimum absolute atomic E-state index is 0.280. The number of carboxylic acid groups (broad SMARTS) is 1. The van der Waals surface area contributed by atoms with Crippen LogP contribution < -0.4 is 5.01 Å². The van der Waals surface area contributed by atoms with Gasteiger partial charge < -0.3 is 5.11 Å². The maximum atomic E-state index is 14.3. The molecule has 0 saturated heterocycles. The Labute approximate surface area is 206 Å². The van der Waals surface area contributed by atoms with Crippen molar-refractivity contribution in [2.75, 3.05) is 5.01 Å². The summed E-state index contributed by atoms with van der Waals surface area (Å²) in [6, 6.07) is 16.8. The molecule has 3 aromatic carbocycles. The van der Waals surface area contributed by atoms with Gasteiger partial charge in [-0.2, -0.15) is 18.3 Å². The second-order valence-corrected chi connectivity index (χ2v) is 9.25. The number of anilines is 1. The third-order valence-corrected chi connectivity index (χ3v) is 6.58. The van der Waals surface area contributed by atoms with Gasteiger partial charge in [0, 0.05) is 11.5 Å². The van der Waals surface area contributed by atoms with Crippen LogP contribution in [0.15, 0.2) is 65.8 Å². The Kier molecular flexibility index (Phi) is 6.89. The van der Waals surface area contributed by atoms with Gasteiger partial charge in [-0.15, -0.1) is 0 Å². The first-order chi connectivity index (χ1) is 16.9. The fourth-order valence-corrected chi connectivity index (χ4v) is 4.59. The zero-order valence-electron chi connectivity index (χ0n) is 20.1. The number of carbonyl (C=O) groups is 1. The van der Waals surface area contributed by atoms with E-state index in [0.29, 0.717) is 17.7 Å². The summed E-state index contributed by atoms with van der Waals surface area (Å²) in [5, 5.41) is 14.1. The number of benzene rings is 3. The highest BCUT2D eigenvalue weighted by Crippen LogP contribution is 2.36. The highest BCUT2D eigenvalue weighted by Gasteiger charge is 2.48. The lowest BCUT2D eigenvalue weighted by atomic mass is 9.94. The number of carboxylic acids is 1. The number of hydrogen-bond donors (Lipinski definition) is 1. The van der Waals surface area contributed by atoms with Crippen molar-refractivity contribution in [2.45, 2.75) is 45.8 Å². The van der Waals surface area contributed by atoms with Crippen molar-refractivity contribution < 1.29 is 27.5 Å². The Balaban J connectivity index is 1.56. The van der Waals surface area contributed by atoms with E-state index in [1.807, 2.05) is 38.1 Å². The van der Waals surface area contributed by atoms with E-state index >= 15 is 0 Å². The average molecular weight is 499 g/mol. The first-order valence-electron chi connectivity index (χ1n) is 11.6. The van der Waals surface area contributed by atoms with Crippen molar-refractivity contribution >= 4 is 17.4 Å². The molecule has 1 heterocycles. The van der Waals surface area contributed by atoms with E-state index < -0.39 is 36.2 Å². The van der Waals surface area contributed by atoms with E-state index in [2.05, 4.69) is 5.10 Å². The van der Waals surface area contributed by atoms with Crippen LogP contribution in [-0.4, -0.2) is 29.0 Å². The van der Waals surface area contributed by atoms with Crippen LogP contribution in [0.3, 0.4) is 0 Å². The Hall–Kier alpha value is -3.68. The van der Waals surface area contributed by atoms with E-state index in [1.54, 1.807) is 30.3 Å². The van der Waals surface area contributed by atoms with Crippen LogP contribution in [0, 0.1) is 25.6 Å². The minimum atomic E-state index is -4.63. The fraction of sp³-hybridized carbons (Fsp3) is 0.286. The lowest BCUT2D eigenvalue weighted by Crippen LogP contribution is -2.36. The lowest BCUT2D eigenvalue weighted by Gasteiger charge is -2.25.